The molecule has 2 heterocycles. The number of halogens is 1. The lowest BCUT2D eigenvalue weighted by molar-refractivity contribution is -0.137. The second-order valence-corrected chi connectivity index (χ2v) is 9.57. The maximum atomic E-state index is 13.5. The van der Waals surface area contributed by atoms with Crippen LogP contribution in [0.5, 0.6) is 0 Å². The van der Waals surface area contributed by atoms with E-state index in [0.717, 1.165) is 16.8 Å². The summed E-state index contributed by atoms with van der Waals surface area (Å²) >= 11 is 0. The van der Waals surface area contributed by atoms with Crippen molar-refractivity contribution in [3.8, 4) is 0 Å². The summed E-state index contributed by atoms with van der Waals surface area (Å²) in [6.45, 7) is 12.9. The molecule has 0 spiro atoms. The number of hydrogen-bond donors (Lipinski definition) is 1. The van der Waals surface area contributed by atoms with Crippen molar-refractivity contribution < 1.29 is 19.1 Å². The molecule has 1 aliphatic heterocycles. The van der Waals surface area contributed by atoms with Crippen molar-refractivity contribution in [2.45, 2.75) is 64.9 Å². The van der Waals surface area contributed by atoms with Gasteiger partial charge < -0.3 is 9.94 Å². The fourth-order valence-corrected chi connectivity index (χ4v) is 4.08. The number of hydrogen-bond acceptors (Lipinski definition) is 5. The van der Waals surface area contributed by atoms with Gasteiger partial charge in [0.2, 0.25) is 0 Å². The quantitative estimate of drug-likeness (QED) is 0.211. The summed E-state index contributed by atoms with van der Waals surface area (Å²) < 4.78 is 14.8. The van der Waals surface area contributed by atoms with Crippen LogP contribution in [0, 0.1) is 0 Å². The van der Waals surface area contributed by atoms with Crippen molar-refractivity contribution in [2.24, 2.45) is 5.16 Å². The number of rotatable bonds is 13. The molecule has 7 nitrogen and oxygen atoms in total. The van der Waals surface area contributed by atoms with Crippen LogP contribution in [0.1, 0.15) is 64.3 Å². The Kier molecular flexibility index (Phi) is 12.7. The van der Waals surface area contributed by atoms with E-state index in [1.54, 1.807) is 30.5 Å². The van der Waals surface area contributed by atoms with Crippen LogP contribution in [-0.2, 0) is 16.1 Å². The van der Waals surface area contributed by atoms with Crippen molar-refractivity contribution in [1.82, 2.24) is 9.55 Å². The molecule has 0 aliphatic carbocycles. The number of aryl methyl sites for hydroxylation is 1. The first kappa shape index (κ1) is 31.9. The van der Waals surface area contributed by atoms with E-state index in [4.69, 9.17) is 9.94 Å². The molecule has 40 heavy (non-hydrogen) atoms. The van der Waals surface area contributed by atoms with Crippen LogP contribution in [0.2, 0.25) is 0 Å². The van der Waals surface area contributed by atoms with Gasteiger partial charge in [-0.1, -0.05) is 54.8 Å². The molecule has 2 rings (SSSR count). The molecule has 1 aliphatic rings. The second-order valence-electron chi connectivity index (χ2n) is 9.57. The van der Waals surface area contributed by atoms with E-state index in [9.17, 15) is 14.0 Å². The number of unbranched alkanes of at least 4 members (excludes halogenated alkanes) is 1. The van der Waals surface area contributed by atoms with Gasteiger partial charge in [-0.05, 0) is 63.5 Å². The largest absolute Gasteiger partial charge is 0.481 e. The summed E-state index contributed by atoms with van der Waals surface area (Å²) in [6, 6.07) is 6.57. The zero-order valence-electron chi connectivity index (χ0n) is 23.5. The molecule has 0 amide bonds. The molecule has 0 fully saturated rings. The van der Waals surface area contributed by atoms with Crippen molar-refractivity contribution in [3.05, 3.63) is 119 Å². The SMILES string of the molecule is C=C/C(=C\C=C/C)CC1(C)CC(c2cccc(=O)n(/C(C=C)=C/C=C(\C)F)c(CCCCC(=O)O)ncc2)=NO1. The number of aliphatic carboxylic acids is 1. The van der Waals surface area contributed by atoms with Crippen LogP contribution in [0.4, 0.5) is 4.39 Å². The molecule has 1 atom stereocenters. The Morgan fingerprint density at radius 3 is 2.62 bits per heavy atom. The number of carboxylic acids is 1. The summed E-state index contributed by atoms with van der Waals surface area (Å²) in [5.41, 5.74) is 1.87. The molecule has 1 aromatic rings. The van der Waals surface area contributed by atoms with Gasteiger partial charge in [0, 0.05) is 49.2 Å². The number of carbonyl (C=O) groups is 1. The fraction of sp³-hybridized carbons (Fsp3) is 0.312. The number of nitrogens with zero attached hydrogens (tertiary/aromatic N) is 3. The summed E-state index contributed by atoms with van der Waals surface area (Å²) in [5.74, 6) is -0.939. The van der Waals surface area contributed by atoms with Gasteiger partial charge in [-0.15, -0.1) is 0 Å². The van der Waals surface area contributed by atoms with E-state index in [1.807, 2.05) is 32.1 Å². The van der Waals surface area contributed by atoms with Gasteiger partial charge in [0.1, 0.15) is 11.4 Å². The van der Waals surface area contributed by atoms with Crippen LogP contribution < -0.4 is 5.56 Å². The van der Waals surface area contributed by atoms with E-state index in [2.05, 4.69) is 23.3 Å². The number of aromatic nitrogens is 2. The average Bonchev–Trinajstić information content (AvgIpc) is 3.30. The molecule has 0 saturated heterocycles. The average molecular weight is 548 g/mol. The molecule has 0 aromatic carbocycles. The Bertz CT molecular complexity index is 1360. The lowest BCUT2D eigenvalue weighted by Crippen LogP contribution is -2.25. The molecule has 1 unspecified atom stereocenters. The molecular formula is C32H38FN3O4. The van der Waals surface area contributed by atoms with E-state index in [0.29, 0.717) is 43.6 Å². The summed E-state index contributed by atoms with van der Waals surface area (Å²) in [6.07, 6.45) is 15.8. The summed E-state index contributed by atoms with van der Waals surface area (Å²) in [4.78, 5) is 34.7. The smallest absolute Gasteiger partial charge is 0.303 e. The minimum absolute atomic E-state index is 0.00781. The number of allylic oxidation sites excluding steroid dienone is 9. The molecular weight excluding hydrogens is 509 g/mol. The van der Waals surface area contributed by atoms with Crippen LogP contribution in [0.15, 0.2) is 108 Å². The zero-order valence-corrected chi connectivity index (χ0v) is 23.5. The van der Waals surface area contributed by atoms with Crippen molar-refractivity contribution in [1.29, 1.82) is 0 Å². The van der Waals surface area contributed by atoms with Crippen molar-refractivity contribution in [2.75, 3.05) is 0 Å². The van der Waals surface area contributed by atoms with E-state index in [-0.39, 0.29) is 6.42 Å². The van der Waals surface area contributed by atoms with Gasteiger partial charge in [0.15, 0.2) is 0 Å². The van der Waals surface area contributed by atoms with Crippen LogP contribution in [0.3, 0.4) is 0 Å². The van der Waals surface area contributed by atoms with Crippen LogP contribution in [0.25, 0.3) is 5.70 Å². The highest BCUT2D eigenvalue weighted by Crippen LogP contribution is 2.32. The fourth-order valence-electron chi connectivity index (χ4n) is 4.08. The Hall–Kier alpha value is -4.33. The first-order chi connectivity index (χ1) is 19.1. The van der Waals surface area contributed by atoms with Gasteiger partial charge in [-0.2, -0.15) is 0 Å². The normalized spacial score (nSPS) is 17.7. The molecule has 1 aromatic heterocycles. The van der Waals surface area contributed by atoms with E-state index < -0.39 is 23.0 Å². The lowest BCUT2D eigenvalue weighted by atomic mass is 9.89. The van der Waals surface area contributed by atoms with Crippen LogP contribution in [-0.4, -0.2) is 31.9 Å². The van der Waals surface area contributed by atoms with Gasteiger partial charge in [0.05, 0.1) is 11.5 Å². The highest BCUT2D eigenvalue weighted by atomic mass is 19.1. The number of carboxylic acid groups (broad SMARTS) is 1. The molecule has 1 N–H and O–H groups in total. The Morgan fingerprint density at radius 1 is 1.20 bits per heavy atom. The summed E-state index contributed by atoms with van der Waals surface area (Å²) in [7, 11) is 0. The summed E-state index contributed by atoms with van der Waals surface area (Å²) in [5, 5.41) is 13.3. The highest BCUT2D eigenvalue weighted by Gasteiger charge is 2.35. The van der Waals surface area contributed by atoms with Gasteiger partial charge >= 0.3 is 5.97 Å². The second kappa shape index (κ2) is 15.9. The third kappa shape index (κ3) is 10.1. The van der Waals surface area contributed by atoms with Crippen LogP contribution >= 0.6 is 0 Å². The molecule has 8 heteroatoms. The zero-order chi connectivity index (χ0) is 29.5. The van der Waals surface area contributed by atoms with Crippen molar-refractivity contribution in [3.63, 3.8) is 0 Å². The minimum Gasteiger partial charge on any atom is -0.481 e. The van der Waals surface area contributed by atoms with Crippen molar-refractivity contribution >= 4 is 17.4 Å². The first-order valence-electron chi connectivity index (χ1n) is 13.2. The minimum atomic E-state index is -0.891. The first-order valence-corrected chi connectivity index (χ1v) is 13.2. The Labute approximate surface area is 235 Å². The molecule has 0 radical (unpaired) electrons. The Balaban J connectivity index is 2.52. The topological polar surface area (TPSA) is 93.8 Å². The third-order valence-corrected chi connectivity index (χ3v) is 6.06. The third-order valence-electron chi connectivity index (χ3n) is 6.06. The van der Waals surface area contributed by atoms with E-state index >= 15 is 0 Å². The molecule has 212 valence electrons. The van der Waals surface area contributed by atoms with Gasteiger partial charge in [-0.25, -0.2) is 9.37 Å². The maximum Gasteiger partial charge on any atom is 0.303 e. The number of oxime groups is 1. The Morgan fingerprint density at radius 2 is 1.98 bits per heavy atom. The van der Waals surface area contributed by atoms with E-state index in [1.165, 1.54) is 35.8 Å². The standard InChI is InChI=1S/C32H38FN3O4/c1-6-9-13-25(7-2)22-32(5)23-28(35-40-32)26-14-12-16-30(37)36(27(8-3)19-18-24(4)33)29(34-21-20-26)15-10-11-17-31(38)39/h6-9,12-14,16,18-21H,2-3,10-11,15,17,22-23H2,1,4-5H3,(H,38,39)/b9-6-,16-12?,21-20?,24-18+,25-13+,26-14?,27-19+,34-29?. The maximum absolute atomic E-state index is 13.5. The molecule has 0 saturated carbocycles. The van der Waals surface area contributed by atoms with Gasteiger partial charge in [-0.3, -0.25) is 14.2 Å². The highest BCUT2D eigenvalue weighted by molar-refractivity contribution is 6.01. The predicted molar refractivity (Wildman–Crippen MR) is 159 cm³/mol. The molecule has 0 bridgehead atoms. The predicted octanol–water partition coefficient (Wildman–Crippen LogP) is 7.03. The lowest BCUT2D eigenvalue weighted by Gasteiger charge is -2.21. The monoisotopic (exact) mass is 547 g/mol. The van der Waals surface area contributed by atoms with Gasteiger partial charge in [0.25, 0.3) is 5.56 Å².